The van der Waals surface area contributed by atoms with Gasteiger partial charge < -0.3 is 9.84 Å². The number of fused-ring (bicyclic) bond motifs is 1. The molecule has 1 aliphatic carbocycles. The third-order valence-electron chi connectivity index (χ3n) is 6.31. The summed E-state index contributed by atoms with van der Waals surface area (Å²) in [6.45, 7) is 2.46. The van der Waals surface area contributed by atoms with Crippen LogP contribution in [0.4, 0.5) is 0 Å². The highest BCUT2D eigenvalue weighted by Gasteiger charge is 2.52. The number of hydrogen-bond acceptors (Lipinski definition) is 5. The van der Waals surface area contributed by atoms with Crippen molar-refractivity contribution in [1.82, 2.24) is 14.1 Å². The second-order valence-corrected chi connectivity index (χ2v) is 9.90. The minimum atomic E-state index is -3.64. The molecule has 152 valence electrons. The molecule has 4 rings (SSSR count). The third-order valence-corrected chi connectivity index (χ3v) is 8.24. The second kappa shape index (κ2) is 6.86. The second-order valence-electron chi connectivity index (χ2n) is 7.99. The van der Waals surface area contributed by atoms with E-state index in [1.807, 2.05) is 24.3 Å². The van der Waals surface area contributed by atoms with Gasteiger partial charge in [-0.2, -0.15) is 9.40 Å². The molecule has 2 aromatic rings. The minimum absolute atomic E-state index is 0.136. The molecule has 1 aromatic heterocycles. The van der Waals surface area contributed by atoms with Gasteiger partial charge in [0.25, 0.3) is 0 Å². The number of benzene rings is 1. The molecule has 1 aliphatic heterocycles. The maximum atomic E-state index is 13.2. The SMILES string of the molecule is COc1cccc([C@]2(O)CCC[C@H]3CN(S(=O)(=O)c4cn(C)nc4C)C[C@H]32)c1. The van der Waals surface area contributed by atoms with Gasteiger partial charge in [-0.3, -0.25) is 4.68 Å². The summed E-state index contributed by atoms with van der Waals surface area (Å²) in [5.74, 6) is 0.693. The number of aromatic nitrogens is 2. The number of ether oxygens (including phenoxy) is 1. The van der Waals surface area contributed by atoms with Crippen molar-refractivity contribution in [3.63, 3.8) is 0 Å². The van der Waals surface area contributed by atoms with Crippen LogP contribution < -0.4 is 4.74 Å². The van der Waals surface area contributed by atoms with Crippen molar-refractivity contribution in [3.05, 3.63) is 41.7 Å². The van der Waals surface area contributed by atoms with E-state index in [1.54, 1.807) is 27.3 Å². The van der Waals surface area contributed by atoms with Crippen molar-refractivity contribution in [2.75, 3.05) is 20.2 Å². The van der Waals surface area contributed by atoms with E-state index in [0.29, 0.717) is 31.0 Å². The fourth-order valence-corrected chi connectivity index (χ4v) is 6.62. The van der Waals surface area contributed by atoms with Crippen LogP contribution in [0.3, 0.4) is 0 Å². The first-order valence-corrected chi connectivity index (χ1v) is 11.1. The number of rotatable bonds is 4. The van der Waals surface area contributed by atoms with Gasteiger partial charge in [-0.25, -0.2) is 8.42 Å². The van der Waals surface area contributed by atoms with Gasteiger partial charge in [0, 0.05) is 32.3 Å². The Morgan fingerprint density at radius 2 is 2.11 bits per heavy atom. The number of hydrogen-bond donors (Lipinski definition) is 1. The lowest BCUT2D eigenvalue weighted by Crippen LogP contribution is -2.43. The number of aryl methyl sites for hydroxylation is 2. The molecular formula is C20H27N3O4S. The molecule has 2 fully saturated rings. The largest absolute Gasteiger partial charge is 0.497 e. The number of nitrogens with zero attached hydrogens (tertiary/aromatic N) is 3. The Kier molecular flexibility index (Phi) is 4.76. The first-order valence-electron chi connectivity index (χ1n) is 9.63. The molecule has 1 aromatic carbocycles. The summed E-state index contributed by atoms with van der Waals surface area (Å²) in [6, 6.07) is 7.50. The number of sulfonamides is 1. The molecule has 0 radical (unpaired) electrons. The van der Waals surface area contributed by atoms with E-state index >= 15 is 0 Å². The zero-order valence-corrected chi connectivity index (χ0v) is 17.3. The highest BCUT2D eigenvalue weighted by atomic mass is 32.2. The van der Waals surface area contributed by atoms with Crippen LogP contribution >= 0.6 is 0 Å². The summed E-state index contributed by atoms with van der Waals surface area (Å²) in [4.78, 5) is 0.249. The van der Waals surface area contributed by atoms with E-state index < -0.39 is 15.6 Å². The van der Waals surface area contributed by atoms with Gasteiger partial charge in [-0.1, -0.05) is 12.1 Å². The van der Waals surface area contributed by atoms with Crippen molar-refractivity contribution in [3.8, 4) is 5.75 Å². The summed E-state index contributed by atoms with van der Waals surface area (Å²) in [6.07, 6.45) is 3.98. The topological polar surface area (TPSA) is 84.7 Å². The van der Waals surface area contributed by atoms with Crippen molar-refractivity contribution >= 4 is 10.0 Å². The minimum Gasteiger partial charge on any atom is -0.497 e. The van der Waals surface area contributed by atoms with Crippen LogP contribution in [-0.4, -0.2) is 47.8 Å². The molecule has 28 heavy (non-hydrogen) atoms. The lowest BCUT2D eigenvalue weighted by atomic mass is 9.67. The molecule has 7 nitrogen and oxygen atoms in total. The van der Waals surface area contributed by atoms with E-state index in [1.165, 1.54) is 8.99 Å². The standard InChI is InChI=1S/C20H27N3O4S/c1-14-19(13-22(2)21-14)28(25,26)23-11-15-6-5-9-20(24,18(15)12-23)16-7-4-8-17(10-16)27-3/h4,7-8,10,13,15,18,24H,5-6,9,11-12H2,1-3H3/t15-,18+,20+/m0/s1. The fraction of sp³-hybridized carbons (Fsp3) is 0.550. The maximum Gasteiger partial charge on any atom is 0.246 e. The molecule has 1 saturated heterocycles. The summed E-state index contributed by atoms with van der Waals surface area (Å²) in [5.41, 5.74) is 0.255. The molecule has 3 atom stereocenters. The number of methoxy groups -OCH3 is 1. The molecule has 0 amide bonds. The molecule has 8 heteroatoms. The smallest absolute Gasteiger partial charge is 0.246 e. The van der Waals surface area contributed by atoms with E-state index in [2.05, 4.69) is 5.10 Å². The summed E-state index contributed by atoms with van der Waals surface area (Å²) in [5, 5.41) is 15.8. The molecule has 0 unspecified atom stereocenters. The van der Waals surface area contributed by atoms with E-state index in [-0.39, 0.29) is 16.7 Å². The highest BCUT2D eigenvalue weighted by Crippen LogP contribution is 2.49. The highest BCUT2D eigenvalue weighted by molar-refractivity contribution is 7.89. The third kappa shape index (κ3) is 3.03. The van der Waals surface area contributed by atoms with Crippen LogP contribution in [0.15, 0.2) is 35.4 Å². The predicted octanol–water partition coefficient (Wildman–Crippen LogP) is 2.05. The van der Waals surface area contributed by atoms with Crippen molar-refractivity contribution in [1.29, 1.82) is 0 Å². The molecule has 1 saturated carbocycles. The summed E-state index contributed by atoms with van der Waals surface area (Å²) in [7, 11) is -0.314. The monoisotopic (exact) mass is 405 g/mol. The first kappa shape index (κ1) is 19.4. The lowest BCUT2D eigenvalue weighted by molar-refractivity contribution is -0.0641. The van der Waals surface area contributed by atoms with Crippen LogP contribution in [0.2, 0.25) is 0 Å². The van der Waals surface area contributed by atoms with Crippen LogP contribution in [0.5, 0.6) is 5.75 Å². The Labute approximate surface area is 166 Å². The van der Waals surface area contributed by atoms with Gasteiger partial charge in [0.2, 0.25) is 10.0 Å². The maximum absolute atomic E-state index is 13.2. The van der Waals surface area contributed by atoms with Crippen LogP contribution in [0, 0.1) is 18.8 Å². The Morgan fingerprint density at radius 1 is 1.32 bits per heavy atom. The summed E-state index contributed by atoms with van der Waals surface area (Å²) >= 11 is 0. The Balaban J connectivity index is 1.67. The zero-order valence-electron chi connectivity index (χ0n) is 16.5. The quantitative estimate of drug-likeness (QED) is 0.842. The summed E-state index contributed by atoms with van der Waals surface area (Å²) < 4.78 is 34.8. The van der Waals surface area contributed by atoms with E-state index in [4.69, 9.17) is 4.74 Å². The van der Waals surface area contributed by atoms with Gasteiger partial charge in [0.15, 0.2) is 0 Å². The van der Waals surface area contributed by atoms with Gasteiger partial charge in [0.05, 0.1) is 18.4 Å². The fourth-order valence-electron chi connectivity index (χ4n) is 4.90. The Bertz CT molecular complexity index is 987. The van der Waals surface area contributed by atoms with Gasteiger partial charge >= 0.3 is 0 Å². The predicted molar refractivity (Wildman–Crippen MR) is 104 cm³/mol. The van der Waals surface area contributed by atoms with Gasteiger partial charge in [-0.05, 0) is 49.8 Å². The van der Waals surface area contributed by atoms with Crippen molar-refractivity contribution in [2.45, 2.75) is 36.7 Å². The lowest BCUT2D eigenvalue weighted by Gasteiger charge is -2.41. The first-order chi connectivity index (χ1) is 13.3. The molecule has 0 spiro atoms. The number of aliphatic hydroxyl groups is 1. The molecular weight excluding hydrogens is 378 g/mol. The Hall–Kier alpha value is -1.90. The Morgan fingerprint density at radius 3 is 2.79 bits per heavy atom. The van der Waals surface area contributed by atoms with E-state index in [0.717, 1.165) is 18.4 Å². The molecule has 2 aliphatic rings. The normalized spacial score (nSPS) is 28.3. The van der Waals surface area contributed by atoms with Gasteiger partial charge in [0.1, 0.15) is 10.6 Å². The van der Waals surface area contributed by atoms with Crippen LogP contribution in [0.25, 0.3) is 0 Å². The van der Waals surface area contributed by atoms with Crippen molar-refractivity contribution < 1.29 is 18.3 Å². The van der Waals surface area contributed by atoms with Crippen LogP contribution in [0.1, 0.15) is 30.5 Å². The molecule has 1 N–H and O–H groups in total. The average Bonchev–Trinajstić information content (AvgIpc) is 3.26. The van der Waals surface area contributed by atoms with Crippen molar-refractivity contribution in [2.24, 2.45) is 18.9 Å². The molecule has 0 bridgehead atoms. The van der Waals surface area contributed by atoms with Gasteiger partial charge in [-0.15, -0.1) is 0 Å². The zero-order chi connectivity index (χ0) is 20.1. The average molecular weight is 406 g/mol. The molecule has 2 heterocycles. The van der Waals surface area contributed by atoms with E-state index in [9.17, 15) is 13.5 Å². The van der Waals surface area contributed by atoms with Crippen LogP contribution in [-0.2, 0) is 22.7 Å².